The summed E-state index contributed by atoms with van der Waals surface area (Å²) in [7, 11) is 0. The average molecular weight is 313 g/mol. The van der Waals surface area contributed by atoms with Crippen molar-refractivity contribution in [3.63, 3.8) is 0 Å². The number of anilines is 1. The van der Waals surface area contributed by atoms with Crippen LogP contribution in [0.3, 0.4) is 0 Å². The minimum atomic E-state index is 0.184. The summed E-state index contributed by atoms with van der Waals surface area (Å²) in [6.45, 7) is 2.10. The summed E-state index contributed by atoms with van der Waals surface area (Å²) in [5.74, 6) is 0.386. The van der Waals surface area contributed by atoms with Crippen molar-refractivity contribution in [3.8, 4) is 10.6 Å². The summed E-state index contributed by atoms with van der Waals surface area (Å²) in [5.41, 5.74) is 2.26. The molecule has 2 N–H and O–H groups in total. The van der Waals surface area contributed by atoms with Crippen LogP contribution in [0.1, 0.15) is 19.3 Å². The third-order valence-corrected chi connectivity index (χ3v) is 5.76. The molecule has 1 saturated carbocycles. The topological polar surface area (TPSA) is 54.0 Å². The molecular formula is C17H19N3OS. The van der Waals surface area contributed by atoms with Crippen LogP contribution in [-0.4, -0.2) is 24.0 Å². The van der Waals surface area contributed by atoms with Crippen LogP contribution >= 0.6 is 11.3 Å². The van der Waals surface area contributed by atoms with Gasteiger partial charge in [0.15, 0.2) is 0 Å². The summed E-state index contributed by atoms with van der Waals surface area (Å²) in [5, 5.41) is 9.42. The van der Waals surface area contributed by atoms with Crippen molar-refractivity contribution in [2.75, 3.05) is 18.4 Å². The molecule has 5 heteroatoms. The molecule has 1 aliphatic heterocycles. The molecule has 1 atom stereocenters. The monoisotopic (exact) mass is 313 g/mol. The Morgan fingerprint density at radius 2 is 2.05 bits per heavy atom. The highest BCUT2D eigenvalue weighted by atomic mass is 32.1. The van der Waals surface area contributed by atoms with Gasteiger partial charge in [0.2, 0.25) is 5.91 Å². The molecule has 1 amide bonds. The van der Waals surface area contributed by atoms with Crippen molar-refractivity contribution in [1.82, 2.24) is 10.3 Å². The average Bonchev–Trinajstić information content (AvgIpc) is 3.00. The number of carbonyl (C=O) groups excluding carboxylic acids is 1. The van der Waals surface area contributed by atoms with Crippen molar-refractivity contribution in [1.29, 1.82) is 0 Å². The largest absolute Gasteiger partial charge is 0.326 e. The lowest BCUT2D eigenvalue weighted by Gasteiger charge is -2.23. The molecule has 1 aromatic heterocycles. The normalized spacial score (nSPS) is 22.5. The molecule has 1 aliphatic carbocycles. The standard InChI is InChI=1S/C17H19N3OS/c21-15(14-11-17(14)5-7-18-8-6-17)20-13-3-1-12(2-4-13)16-19-9-10-22-16/h1-4,9-10,14,18H,5-8,11H2,(H,20,21). The number of aromatic nitrogens is 1. The zero-order valence-electron chi connectivity index (χ0n) is 12.3. The maximum absolute atomic E-state index is 12.4. The molecule has 1 unspecified atom stereocenters. The third-order valence-electron chi connectivity index (χ3n) is 4.94. The zero-order chi connectivity index (χ0) is 15.0. The molecule has 22 heavy (non-hydrogen) atoms. The molecule has 4 rings (SSSR count). The van der Waals surface area contributed by atoms with Gasteiger partial charge in [-0.15, -0.1) is 11.3 Å². The van der Waals surface area contributed by atoms with Gasteiger partial charge >= 0.3 is 0 Å². The van der Waals surface area contributed by atoms with E-state index in [0.29, 0.717) is 0 Å². The fraction of sp³-hybridized carbons (Fsp3) is 0.412. The van der Waals surface area contributed by atoms with Crippen molar-refractivity contribution >= 4 is 22.9 Å². The predicted octanol–water partition coefficient (Wildman–Crippen LogP) is 3.14. The van der Waals surface area contributed by atoms with Crippen LogP contribution in [0.25, 0.3) is 10.6 Å². The number of rotatable bonds is 3. The van der Waals surface area contributed by atoms with Crippen molar-refractivity contribution in [3.05, 3.63) is 35.8 Å². The molecule has 2 fully saturated rings. The molecule has 0 radical (unpaired) electrons. The smallest absolute Gasteiger partial charge is 0.228 e. The van der Waals surface area contributed by atoms with E-state index in [2.05, 4.69) is 15.6 Å². The number of hydrogen-bond donors (Lipinski definition) is 2. The Labute approximate surface area is 134 Å². The Morgan fingerprint density at radius 3 is 2.73 bits per heavy atom. The predicted molar refractivity (Wildman–Crippen MR) is 88.8 cm³/mol. The van der Waals surface area contributed by atoms with Gasteiger partial charge in [-0.25, -0.2) is 4.98 Å². The fourth-order valence-corrected chi connectivity index (χ4v) is 4.13. The van der Waals surface area contributed by atoms with E-state index in [1.165, 1.54) is 0 Å². The second-order valence-electron chi connectivity index (χ2n) is 6.27. The SMILES string of the molecule is O=C(Nc1ccc(-c2nccs2)cc1)C1CC12CCNCC2. The first-order valence-corrected chi connectivity index (χ1v) is 8.66. The van der Waals surface area contributed by atoms with E-state index in [1.54, 1.807) is 17.5 Å². The van der Waals surface area contributed by atoms with E-state index in [0.717, 1.165) is 48.6 Å². The molecule has 2 aromatic rings. The Bertz CT molecular complexity index is 660. The van der Waals surface area contributed by atoms with Crippen LogP contribution in [0.15, 0.2) is 35.8 Å². The van der Waals surface area contributed by atoms with Crippen LogP contribution in [0.4, 0.5) is 5.69 Å². The maximum Gasteiger partial charge on any atom is 0.228 e. The highest BCUT2D eigenvalue weighted by Crippen LogP contribution is 2.58. The minimum absolute atomic E-state index is 0.184. The van der Waals surface area contributed by atoms with E-state index in [1.807, 2.05) is 29.6 Å². The number of carbonyl (C=O) groups is 1. The summed E-state index contributed by atoms with van der Waals surface area (Å²) in [6, 6.07) is 7.96. The fourth-order valence-electron chi connectivity index (χ4n) is 3.49. The summed E-state index contributed by atoms with van der Waals surface area (Å²) in [4.78, 5) is 16.7. The highest BCUT2D eigenvalue weighted by molar-refractivity contribution is 7.13. The molecule has 0 bridgehead atoms. The van der Waals surface area contributed by atoms with Gasteiger partial charge in [-0.3, -0.25) is 4.79 Å². The number of nitrogens with one attached hydrogen (secondary N) is 2. The summed E-state index contributed by atoms with van der Waals surface area (Å²) >= 11 is 1.62. The lowest BCUT2D eigenvalue weighted by Crippen LogP contribution is -2.31. The van der Waals surface area contributed by atoms with Gasteiger partial charge in [0.05, 0.1) is 0 Å². The second-order valence-corrected chi connectivity index (χ2v) is 7.17. The Balaban J connectivity index is 1.40. The van der Waals surface area contributed by atoms with Crippen LogP contribution in [0.2, 0.25) is 0 Å². The third kappa shape index (κ3) is 2.55. The quantitative estimate of drug-likeness (QED) is 0.915. The molecule has 1 spiro atoms. The molecule has 4 nitrogen and oxygen atoms in total. The van der Waals surface area contributed by atoms with Gasteiger partial charge in [0, 0.05) is 28.7 Å². The van der Waals surface area contributed by atoms with Crippen LogP contribution in [0.5, 0.6) is 0 Å². The lowest BCUT2D eigenvalue weighted by molar-refractivity contribution is -0.118. The van der Waals surface area contributed by atoms with E-state index < -0.39 is 0 Å². The molecule has 1 aromatic carbocycles. The Kier molecular flexibility index (Phi) is 3.47. The number of benzene rings is 1. The number of hydrogen-bond acceptors (Lipinski definition) is 4. The maximum atomic E-state index is 12.4. The van der Waals surface area contributed by atoms with E-state index >= 15 is 0 Å². The molecule has 2 heterocycles. The number of thiazole rings is 1. The second kappa shape index (κ2) is 5.48. The van der Waals surface area contributed by atoms with Crippen molar-refractivity contribution in [2.24, 2.45) is 11.3 Å². The lowest BCUT2D eigenvalue weighted by atomic mass is 9.92. The van der Waals surface area contributed by atoms with Crippen LogP contribution < -0.4 is 10.6 Å². The van der Waals surface area contributed by atoms with E-state index in [4.69, 9.17) is 0 Å². The van der Waals surface area contributed by atoms with Gasteiger partial charge in [-0.1, -0.05) is 0 Å². The highest BCUT2D eigenvalue weighted by Gasteiger charge is 2.57. The van der Waals surface area contributed by atoms with Gasteiger partial charge < -0.3 is 10.6 Å². The van der Waals surface area contributed by atoms with Gasteiger partial charge in [0.1, 0.15) is 5.01 Å². The van der Waals surface area contributed by atoms with Gasteiger partial charge in [-0.2, -0.15) is 0 Å². The number of piperidine rings is 1. The molecule has 2 aliphatic rings. The van der Waals surface area contributed by atoms with E-state index in [-0.39, 0.29) is 17.2 Å². The summed E-state index contributed by atoms with van der Waals surface area (Å²) in [6.07, 6.45) is 5.13. The van der Waals surface area contributed by atoms with Crippen molar-refractivity contribution in [2.45, 2.75) is 19.3 Å². The molecule has 114 valence electrons. The van der Waals surface area contributed by atoms with Gasteiger partial charge in [0.25, 0.3) is 0 Å². The Hall–Kier alpha value is -1.72. The minimum Gasteiger partial charge on any atom is -0.326 e. The first-order chi connectivity index (χ1) is 10.8. The number of amides is 1. The van der Waals surface area contributed by atoms with E-state index in [9.17, 15) is 4.79 Å². The molecular weight excluding hydrogens is 294 g/mol. The molecule has 1 saturated heterocycles. The number of nitrogens with zero attached hydrogens (tertiary/aromatic N) is 1. The van der Waals surface area contributed by atoms with Crippen molar-refractivity contribution < 1.29 is 4.79 Å². The van der Waals surface area contributed by atoms with Crippen LogP contribution in [0, 0.1) is 11.3 Å². The first-order valence-electron chi connectivity index (χ1n) is 7.78. The first kappa shape index (κ1) is 13.9. The Morgan fingerprint density at radius 1 is 1.27 bits per heavy atom. The van der Waals surface area contributed by atoms with Gasteiger partial charge in [-0.05, 0) is 62.0 Å². The van der Waals surface area contributed by atoms with Crippen LogP contribution in [-0.2, 0) is 4.79 Å². The zero-order valence-corrected chi connectivity index (χ0v) is 13.2. The summed E-state index contributed by atoms with van der Waals surface area (Å²) < 4.78 is 0.